The van der Waals surface area contributed by atoms with E-state index in [1.54, 1.807) is 60.7 Å². The monoisotopic (exact) mass is 558 g/mol. The van der Waals surface area contributed by atoms with E-state index in [-0.39, 0.29) is 10.7 Å². The van der Waals surface area contributed by atoms with Gasteiger partial charge in [-0.2, -0.15) is 0 Å². The molecule has 6 nitrogen and oxygen atoms in total. The predicted molar refractivity (Wildman–Crippen MR) is 135 cm³/mol. The summed E-state index contributed by atoms with van der Waals surface area (Å²) in [6, 6.07) is 16.4. The van der Waals surface area contributed by atoms with Gasteiger partial charge in [0.25, 0.3) is 11.8 Å². The number of amides is 2. The Bertz CT molecular complexity index is 1330. The van der Waals surface area contributed by atoms with E-state index < -0.39 is 17.8 Å². The number of imide groups is 1. The van der Waals surface area contributed by atoms with Gasteiger partial charge in [0.05, 0.1) is 11.3 Å². The van der Waals surface area contributed by atoms with E-state index in [0.717, 1.165) is 20.5 Å². The van der Waals surface area contributed by atoms with Crippen molar-refractivity contribution in [3.8, 4) is 5.75 Å². The molecule has 1 aliphatic rings. The van der Waals surface area contributed by atoms with Crippen LogP contribution in [0.2, 0.25) is 5.02 Å². The summed E-state index contributed by atoms with van der Waals surface area (Å²) in [5, 5.41) is 3.29. The topological polar surface area (TPSA) is 75.7 Å². The number of halogens is 3. The molecule has 1 N–H and O–H groups in total. The maximum atomic E-state index is 12.9. The van der Waals surface area contributed by atoms with Crippen LogP contribution < -0.4 is 15.0 Å². The zero-order valence-corrected chi connectivity index (χ0v) is 21.1. The molecule has 0 bridgehead atoms. The fraction of sp³-hybridized carbons (Fsp3) is 0.0800. The van der Waals surface area contributed by atoms with Crippen molar-refractivity contribution in [1.82, 2.24) is 0 Å². The number of aryl methyl sites for hydroxylation is 2. The first kappa shape index (κ1) is 24.0. The highest BCUT2D eigenvalue weighted by molar-refractivity contribution is 9.10. The molecule has 0 aliphatic carbocycles. The molecule has 0 fully saturated rings. The zero-order chi connectivity index (χ0) is 24.6. The van der Waals surface area contributed by atoms with E-state index in [1.165, 1.54) is 0 Å². The molecule has 34 heavy (non-hydrogen) atoms. The Kier molecular flexibility index (Phi) is 6.79. The summed E-state index contributed by atoms with van der Waals surface area (Å²) in [7, 11) is 0. The second-order valence-electron chi connectivity index (χ2n) is 7.57. The van der Waals surface area contributed by atoms with Crippen molar-refractivity contribution in [3.63, 3.8) is 0 Å². The molecule has 0 spiro atoms. The van der Waals surface area contributed by atoms with Crippen molar-refractivity contribution >= 4 is 68.3 Å². The Morgan fingerprint density at radius 1 is 0.912 bits per heavy atom. The Hall–Kier alpha value is -3.13. The van der Waals surface area contributed by atoms with E-state index in [4.69, 9.17) is 27.9 Å². The quantitative estimate of drug-likeness (QED) is 0.223. The predicted octanol–water partition coefficient (Wildman–Crippen LogP) is 6.37. The maximum Gasteiger partial charge on any atom is 0.343 e. The maximum absolute atomic E-state index is 12.9. The number of hydrogen-bond acceptors (Lipinski definition) is 5. The highest BCUT2D eigenvalue weighted by Crippen LogP contribution is 2.31. The normalized spacial score (nSPS) is 13.5. The van der Waals surface area contributed by atoms with E-state index in [9.17, 15) is 14.4 Å². The van der Waals surface area contributed by atoms with Crippen molar-refractivity contribution in [2.45, 2.75) is 13.8 Å². The summed E-state index contributed by atoms with van der Waals surface area (Å²) >= 11 is 15.6. The largest absolute Gasteiger partial charge is 0.423 e. The molecule has 0 atom stereocenters. The fourth-order valence-electron chi connectivity index (χ4n) is 3.40. The van der Waals surface area contributed by atoms with Crippen LogP contribution in [0.1, 0.15) is 21.5 Å². The summed E-state index contributed by atoms with van der Waals surface area (Å²) in [5.74, 6) is -1.34. The zero-order valence-electron chi connectivity index (χ0n) is 18.0. The van der Waals surface area contributed by atoms with Gasteiger partial charge in [0.2, 0.25) is 0 Å². The summed E-state index contributed by atoms with van der Waals surface area (Å²) in [6.07, 6.45) is 0. The van der Waals surface area contributed by atoms with E-state index in [1.807, 2.05) is 13.8 Å². The Balaban J connectivity index is 1.48. The van der Waals surface area contributed by atoms with Crippen molar-refractivity contribution in [2.75, 3.05) is 10.2 Å². The van der Waals surface area contributed by atoms with Gasteiger partial charge in [-0.05, 0) is 85.6 Å². The highest BCUT2D eigenvalue weighted by atomic mass is 79.9. The lowest BCUT2D eigenvalue weighted by Gasteiger charge is -2.15. The number of carbonyl (C=O) groups is 3. The van der Waals surface area contributed by atoms with Crippen LogP contribution in [0.3, 0.4) is 0 Å². The van der Waals surface area contributed by atoms with Crippen LogP contribution in [0.15, 0.2) is 75.9 Å². The van der Waals surface area contributed by atoms with E-state index in [2.05, 4.69) is 21.2 Å². The fourth-order valence-corrected chi connectivity index (χ4v) is 3.99. The lowest BCUT2D eigenvalue weighted by molar-refractivity contribution is -0.120. The first-order chi connectivity index (χ1) is 16.2. The highest BCUT2D eigenvalue weighted by Gasteiger charge is 2.38. The van der Waals surface area contributed by atoms with Crippen LogP contribution >= 0.6 is 39.1 Å². The molecule has 0 aromatic heterocycles. The SMILES string of the molecule is Cc1cc(OC(=O)c2ccc(NC3=C(Cl)C(=O)N(c4ccc(Br)cc4)C3=O)cc2)cc(C)c1Cl. The Labute approximate surface area is 214 Å². The molecule has 0 unspecified atom stereocenters. The minimum absolute atomic E-state index is 0.0444. The molecule has 0 saturated heterocycles. The first-order valence-corrected chi connectivity index (χ1v) is 11.6. The molecule has 3 aromatic carbocycles. The number of nitrogens with one attached hydrogen (secondary N) is 1. The van der Waals surface area contributed by atoms with Crippen LogP contribution in [0.25, 0.3) is 0 Å². The third-order valence-corrected chi connectivity index (χ3v) is 6.60. The van der Waals surface area contributed by atoms with Crippen molar-refractivity contribution in [3.05, 3.63) is 97.6 Å². The molecule has 4 rings (SSSR count). The average molecular weight is 560 g/mol. The van der Waals surface area contributed by atoms with Gasteiger partial charge in [-0.25, -0.2) is 9.69 Å². The van der Waals surface area contributed by atoms with E-state index in [0.29, 0.717) is 27.7 Å². The summed E-state index contributed by atoms with van der Waals surface area (Å²) in [6.45, 7) is 3.67. The van der Waals surface area contributed by atoms with Gasteiger partial charge in [0.15, 0.2) is 0 Å². The second kappa shape index (κ2) is 9.62. The van der Waals surface area contributed by atoms with Gasteiger partial charge in [-0.15, -0.1) is 0 Å². The molecule has 0 radical (unpaired) electrons. The molecule has 2 amide bonds. The number of benzene rings is 3. The van der Waals surface area contributed by atoms with Gasteiger partial charge in [-0.3, -0.25) is 9.59 Å². The van der Waals surface area contributed by atoms with E-state index >= 15 is 0 Å². The minimum atomic E-state index is -0.620. The number of rotatable bonds is 5. The molecule has 3 aromatic rings. The molecular formula is C25H17BrCl2N2O4. The number of hydrogen-bond donors (Lipinski definition) is 1. The molecular weight excluding hydrogens is 543 g/mol. The number of esters is 1. The Morgan fingerprint density at radius 2 is 1.50 bits per heavy atom. The van der Waals surface area contributed by atoms with Crippen molar-refractivity contribution < 1.29 is 19.1 Å². The van der Waals surface area contributed by atoms with Crippen molar-refractivity contribution in [2.24, 2.45) is 0 Å². The Morgan fingerprint density at radius 3 is 2.09 bits per heavy atom. The van der Waals surface area contributed by atoms with Crippen LogP contribution in [0.4, 0.5) is 11.4 Å². The number of nitrogens with zero attached hydrogens (tertiary/aromatic N) is 1. The lowest BCUT2D eigenvalue weighted by Crippen LogP contribution is -2.32. The van der Waals surface area contributed by atoms with Crippen LogP contribution in [-0.2, 0) is 9.59 Å². The number of anilines is 2. The summed E-state index contributed by atoms with van der Waals surface area (Å²) < 4.78 is 6.27. The third-order valence-electron chi connectivity index (χ3n) is 5.12. The minimum Gasteiger partial charge on any atom is -0.423 e. The standard InChI is InChI=1S/C25H17BrCl2N2O4/c1-13-11-19(12-14(2)20(13)27)34-25(33)15-3-7-17(8-4-15)29-22-21(28)23(31)30(24(22)32)18-9-5-16(26)6-10-18/h3-12,29H,1-2H3. The van der Waals surface area contributed by atoms with Gasteiger partial charge < -0.3 is 10.1 Å². The molecule has 1 heterocycles. The number of carbonyl (C=O) groups excluding carboxylic acids is 3. The molecule has 0 saturated carbocycles. The van der Waals surface area contributed by atoms with Crippen LogP contribution in [-0.4, -0.2) is 17.8 Å². The first-order valence-electron chi connectivity index (χ1n) is 10.1. The average Bonchev–Trinajstić information content (AvgIpc) is 3.01. The summed E-state index contributed by atoms with van der Waals surface area (Å²) in [4.78, 5) is 39.0. The van der Waals surface area contributed by atoms with Crippen LogP contribution in [0, 0.1) is 13.8 Å². The van der Waals surface area contributed by atoms with Gasteiger partial charge in [0.1, 0.15) is 16.5 Å². The van der Waals surface area contributed by atoms with Crippen molar-refractivity contribution in [1.29, 1.82) is 0 Å². The molecule has 172 valence electrons. The van der Waals surface area contributed by atoms with Gasteiger partial charge in [-0.1, -0.05) is 39.1 Å². The second-order valence-corrected chi connectivity index (χ2v) is 9.25. The van der Waals surface area contributed by atoms with Gasteiger partial charge in [0, 0.05) is 15.2 Å². The van der Waals surface area contributed by atoms with Crippen LogP contribution in [0.5, 0.6) is 5.75 Å². The lowest BCUT2D eigenvalue weighted by atomic mass is 10.1. The summed E-state index contributed by atoms with van der Waals surface area (Å²) in [5.41, 5.74) is 2.75. The molecule has 9 heteroatoms. The number of ether oxygens (including phenoxy) is 1. The van der Waals surface area contributed by atoms with Gasteiger partial charge >= 0.3 is 5.97 Å². The molecule has 1 aliphatic heterocycles. The smallest absolute Gasteiger partial charge is 0.343 e. The third kappa shape index (κ3) is 4.73.